The minimum atomic E-state index is 0.0800. The average Bonchev–Trinajstić information content (AvgIpc) is 2.42. The fraction of sp³-hybridized carbons (Fsp3) is 0.500. The van der Waals surface area contributed by atoms with Crippen molar-refractivity contribution in [3.05, 3.63) is 32.4 Å². The van der Waals surface area contributed by atoms with Crippen LogP contribution in [0.3, 0.4) is 0 Å². The lowest BCUT2D eigenvalue weighted by atomic mass is 9.98. The zero-order valence-electron chi connectivity index (χ0n) is 10.7. The molecule has 2 rings (SSSR count). The van der Waals surface area contributed by atoms with Gasteiger partial charge in [-0.1, -0.05) is 11.6 Å². The molecule has 1 heterocycles. The van der Waals surface area contributed by atoms with Crippen molar-refractivity contribution in [3.63, 3.8) is 0 Å². The Labute approximate surface area is 132 Å². The van der Waals surface area contributed by atoms with Gasteiger partial charge in [0.15, 0.2) is 0 Å². The Morgan fingerprint density at radius 2 is 2.26 bits per heavy atom. The Morgan fingerprint density at radius 3 is 2.95 bits per heavy atom. The van der Waals surface area contributed by atoms with E-state index in [1.54, 1.807) is 6.07 Å². The van der Waals surface area contributed by atoms with E-state index < -0.39 is 0 Å². The molecule has 0 aromatic heterocycles. The van der Waals surface area contributed by atoms with Crippen LogP contribution in [0.2, 0.25) is 5.02 Å². The summed E-state index contributed by atoms with van der Waals surface area (Å²) in [4.78, 5) is 14.5. The number of nitrogens with zero attached hydrogens (tertiary/aromatic N) is 1. The van der Waals surface area contributed by atoms with Crippen LogP contribution in [0, 0.1) is 3.57 Å². The van der Waals surface area contributed by atoms with Crippen LogP contribution in [0.5, 0.6) is 0 Å². The normalized spacial score (nSPS) is 19.5. The van der Waals surface area contributed by atoms with Crippen LogP contribution in [0.15, 0.2) is 18.2 Å². The third-order valence-electron chi connectivity index (χ3n) is 3.55. The van der Waals surface area contributed by atoms with E-state index in [0.717, 1.165) is 29.4 Å². The molecular weight excluding hydrogens is 375 g/mol. The molecule has 1 atom stereocenters. The number of benzene rings is 1. The molecule has 3 nitrogen and oxygen atoms in total. The molecule has 19 heavy (non-hydrogen) atoms. The number of carbonyl (C=O) groups excluding carboxylic acids is 1. The molecule has 1 amide bonds. The molecule has 1 unspecified atom stereocenters. The molecule has 1 saturated heterocycles. The van der Waals surface area contributed by atoms with E-state index >= 15 is 0 Å². The quantitative estimate of drug-likeness (QED) is 0.802. The molecule has 104 valence electrons. The third-order valence-corrected chi connectivity index (χ3v) is 5.13. The first-order valence-corrected chi connectivity index (χ1v) is 8.05. The smallest absolute Gasteiger partial charge is 0.254 e. The second-order valence-corrected chi connectivity index (χ2v) is 6.42. The summed E-state index contributed by atoms with van der Waals surface area (Å²) in [5, 5.41) is 0.638. The summed E-state index contributed by atoms with van der Waals surface area (Å²) < 4.78 is 0.966. The molecule has 0 aliphatic carbocycles. The minimum absolute atomic E-state index is 0.0800. The Kier molecular flexibility index (Phi) is 5.47. The van der Waals surface area contributed by atoms with Crippen LogP contribution in [-0.2, 0) is 0 Å². The summed E-state index contributed by atoms with van der Waals surface area (Å²) in [6, 6.07) is 5.78. The molecule has 0 saturated carbocycles. The molecule has 1 aliphatic rings. The second kappa shape index (κ2) is 6.90. The summed E-state index contributed by atoms with van der Waals surface area (Å²) in [6.45, 7) is 1.45. The van der Waals surface area contributed by atoms with E-state index in [4.69, 9.17) is 17.3 Å². The zero-order chi connectivity index (χ0) is 13.8. The van der Waals surface area contributed by atoms with Gasteiger partial charge in [-0.25, -0.2) is 0 Å². The summed E-state index contributed by atoms with van der Waals surface area (Å²) in [6.07, 6.45) is 4.19. The van der Waals surface area contributed by atoms with E-state index in [1.165, 1.54) is 6.42 Å². The van der Waals surface area contributed by atoms with Crippen molar-refractivity contribution in [2.45, 2.75) is 31.7 Å². The van der Waals surface area contributed by atoms with Gasteiger partial charge in [0, 0.05) is 21.7 Å². The van der Waals surface area contributed by atoms with Gasteiger partial charge in [0.05, 0.1) is 5.02 Å². The van der Waals surface area contributed by atoms with Crippen LogP contribution in [0.1, 0.15) is 36.0 Å². The van der Waals surface area contributed by atoms with E-state index in [0.29, 0.717) is 17.1 Å². The molecule has 2 N–H and O–H groups in total. The lowest BCUT2D eigenvalue weighted by Gasteiger charge is -2.35. The largest absolute Gasteiger partial charge is 0.336 e. The first-order chi connectivity index (χ1) is 9.13. The molecule has 1 aromatic rings. The van der Waals surface area contributed by atoms with E-state index in [2.05, 4.69) is 22.6 Å². The summed E-state index contributed by atoms with van der Waals surface area (Å²) in [7, 11) is 0. The Balaban J connectivity index is 2.18. The third kappa shape index (κ3) is 3.61. The summed E-state index contributed by atoms with van der Waals surface area (Å²) >= 11 is 8.26. The van der Waals surface area contributed by atoms with Gasteiger partial charge in [-0.2, -0.15) is 0 Å². The predicted octanol–water partition coefficient (Wildman–Crippen LogP) is 3.29. The van der Waals surface area contributed by atoms with Gasteiger partial charge >= 0.3 is 0 Å². The first kappa shape index (κ1) is 15.1. The molecule has 1 aliphatic heterocycles. The fourth-order valence-corrected chi connectivity index (χ4v) is 3.07. The Hall–Kier alpha value is -0.330. The number of likely N-dealkylation sites (tertiary alicyclic amines) is 1. The monoisotopic (exact) mass is 392 g/mol. The predicted molar refractivity (Wildman–Crippen MR) is 86.5 cm³/mol. The van der Waals surface area contributed by atoms with Crippen LogP contribution < -0.4 is 5.73 Å². The lowest BCUT2D eigenvalue weighted by Crippen LogP contribution is -2.44. The van der Waals surface area contributed by atoms with Gasteiger partial charge < -0.3 is 10.6 Å². The number of hydrogen-bond donors (Lipinski definition) is 1. The summed E-state index contributed by atoms with van der Waals surface area (Å²) in [5.74, 6) is 0.0800. The highest BCUT2D eigenvalue weighted by atomic mass is 127. The topological polar surface area (TPSA) is 46.3 Å². The minimum Gasteiger partial charge on any atom is -0.336 e. The van der Waals surface area contributed by atoms with Crippen molar-refractivity contribution in [3.8, 4) is 0 Å². The maximum absolute atomic E-state index is 12.6. The van der Waals surface area contributed by atoms with Gasteiger partial charge in [0.2, 0.25) is 0 Å². The molecule has 0 radical (unpaired) electrons. The Bertz CT molecular complexity index is 465. The number of piperidine rings is 1. The molecule has 1 aromatic carbocycles. The van der Waals surface area contributed by atoms with E-state index in [1.807, 2.05) is 17.0 Å². The molecule has 5 heteroatoms. The molecule has 0 bridgehead atoms. The SMILES string of the molecule is NCCC1CCCCN1C(=O)c1ccc(I)c(Cl)c1. The van der Waals surface area contributed by atoms with Crippen molar-refractivity contribution < 1.29 is 4.79 Å². The summed E-state index contributed by atoms with van der Waals surface area (Å²) in [5.41, 5.74) is 6.32. The maximum Gasteiger partial charge on any atom is 0.254 e. The maximum atomic E-state index is 12.6. The Morgan fingerprint density at radius 1 is 1.47 bits per heavy atom. The van der Waals surface area contributed by atoms with Gasteiger partial charge in [-0.15, -0.1) is 0 Å². The van der Waals surface area contributed by atoms with Crippen LogP contribution in [-0.4, -0.2) is 29.9 Å². The van der Waals surface area contributed by atoms with Gasteiger partial charge in [0.25, 0.3) is 5.91 Å². The number of halogens is 2. The van der Waals surface area contributed by atoms with Crippen molar-refractivity contribution in [1.29, 1.82) is 0 Å². The van der Waals surface area contributed by atoms with E-state index in [9.17, 15) is 4.79 Å². The van der Waals surface area contributed by atoms with E-state index in [-0.39, 0.29) is 11.9 Å². The average molecular weight is 393 g/mol. The number of amides is 1. The fourth-order valence-electron chi connectivity index (χ4n) is 2.56. The van der Waals surface area contributed by atoms with Crippen LogP contribution in [0.4, 0.5) is 0 Å². The number of rotatable bonds is 3. The zero-order valence-corrected chi connectivity index (χ0v) is 13.7. The first-order valence-electron chi connectivity index (χ1n) is 6.59. The van der Waals surface area contributed by atoms with Crippen molar-refractivity contribution in [2.24, 2.45) is 5.73 Å². The van der Waals surface area contributed by atoms with Crippen LogP contribution >= 0.6 is 34.2 Å². The van der Waals surface area contributed by atoms with Crippen molar-refractivity contribution in [2.75, 3.05) is 13.1 Å². The van der Waals surface area contributed by atoms with Gasteiger partial charge in [-0.3, -0.25) is 4.79 Å². The van der Waals surface area contributed by atoms with Gasteiger partial charge in [-0.05, 0) is 73.0 Å². The van der Waals surface area contributed by atoms with Gasteiger partial charge in [0.1, 0.15) is 0 Å². The highest BCUT2D eigenvalue weighted by Gasteiger charge is 2.26. The molecule has 1 fully saturated rings. The van der Waals surface area contributed by atoms with Crippen molar-refractivity contribution >= 4 is 40.1 Å². The number of nitrogens with two attached hydrogens (primary N) is 1. The standard InChI is InChI=1S/C14H18ClIN2O/c15-12-9-10(4-5-13(12)16)14(19)18-8-2-1-3-11(18)6-7-17/h4-5,9,11H,1-3,6-8,17H2. The molecule has 0 spiro atoms. The number of hydrogen-bond acceptors (Lipinski definition) is 2. The second-order valence-electron chi connectivity index (χ2n) is 4.85. The highest BCUT2D eigenvalue weighted by Crippen LogP contribution is 2.24. The molecular formula is C14H18ClIN2O. The number of carbonyl (C=O) groups is 1. The lowest BCUT2D eigenvalue weighted by molar-refractivity contribution is 0.0605. The van der Waals surface area contributed by atoms with Crippen LogP contribution in [0.25, 0.3) is 0 Å². The highest BCUT2D eigenvalue weighted by molar-refractivity contribution is 14.1. The van der Waals surface area contributed by atoms with Crippen molar-refractivity contribution in [1.82, 2.24) is 4.90 Å².